The summed E-state index contributed by atoms with van der Waals surface area (Å²) >= 11 is 0. The highest BCUT2D eigenvalue weighted by Crippen LogP contribution is 2.14. The quantitative estimate of drug-likeness (QED) is 0.457. The van der Waals surface area contributed by atoms with Gasteiger partial charge in [0.25, 0.3) is 0 Å². The normalized spacial score (nSPS) is 32.5. The lowest BCUT2D eigenvalue weighted by Gasteiger charge is -2.18. The van der Waals surface area contributed by atoms with Gasteiger partial charge in [0.15, 0.2) is 0 Å². The summed E-state index contributed by atoms with van der Waals surface area (Å²) in [5.74, 6) is -0.988. The molecule has 1 fully saturated rings. The molecule has 1 aliphatic heterocycles. The molecule has 1 saturated heterocycles. The van der Waals surface area contributed by atoms with Crippen molar-refractivity contribution < 1.29 is 20.1 Å². The van der Waals surface area contributed by atoms with Crippen LogP contribution in [0.5, 0.6) is 0 Å². The monoisotopic (exact) mass is 161 g/mol. The van der Waals surface area contributed by atoms with Crippen LogP contribution in [0.4, 0.5) is 0 Å². The van der Waals surface area contributed by atoms with Crippen molar-refractivity contribution in [2.24, 2.45) is 0 Å². The van der Waals surface area contributed by atoms with Crippen LogP contribution >= 0.6 is 0 Å². The van der Waals surface area contributed by atoms with Crippen molar-refractivity contribution in [2.75, 3.05) is 13.1 Å². The first kappa shape index (κ1) is 8.45. The van der Waals surface area contributed by atoms with Crippen LogP contribution in [0, 0.1) is 0 Å². The van der Waals surface area contributed by atoms with Gasteiger partial charge >= 0.3 is 5.97 Å². The zero-order chi connectivity index (χ0) is 8.43. The Balaban J connectivity index is 2.42. The lowest BCUT2D eigenvalue weighted by molar-refractivity contribution is -0.141. The lowest BCUT2D eigenvalue weighted by Crippen LogP contribution is -2.38. The van der Waals surface area contributed by atoms with Gasteiger partial charge in [-0.3, -0.25) is 9.69 Å². The van der Waals surface area contributed by atoms with E-state index in [2.05, 4.69) is 0 Å². The molecule has 0 radical (unpaired) electrons. The molecule has 2 atom stereocenters. The summed E-state index contributed by atoms with van der Waals surface area (Å²) in [5.41, 5.74) is 0. The van der Waals surface area contributed by atoms with E-state index in [1.807, 2.05) is 0 Å². The SMILES string of the molecule is O=C(O)CN1CCC(O)C1O. The number of carboxylic acids is 1. The van der Waals surface area contributed by atoms with Gasteiger partial charge in [0.1, 0.15) is 6.23 Å². The van der Waals surface area contributed by atoms with Gasteiger partial charge in [0.2, 0.25) is 0 Å². The summed E-state index contributed by atoms with van der Waals surface area (Å²) in [6.07, 6.45) is -1.37. The van der Waals surface area contributed by atoms with E-state index >= 15 is 0 Å². The molecule has 0 aromatic rings. The molecular weight excluding hydrogens is 150 g/mol. The van der Waals surface area contributed by atoms with Crippen molar-refractivity contribution in [3.63, 3.8) is 0 Å². The van der Waals surface area contributed by atoms with Crippen molar-refractivity contribution in [1.82, 2.24) is 4.90 Å². The Bertz CT molecular complexity index is 161. The van der Waals surface area contributed by atoms with Gasteiger partial charge in [-0.25, -0.2) is 0 Å². The molecule has 0 bridgehead atoms. The summed E-state index contributed by atoms with van der Waals surface area (Å²) in [4.78, 5) is 11.5. The Labute approximate surface area is 63.9 Å². The molecule has 11 heavy (non-hydrogen) atoms. The minimum Gasteiger partial charge on any atom is -0.480 e. The molecule has 1 aliphatic rings. The number of aliphatic carboxylic acids is 1. The highest BCUT2D eigenvalue weighted by Gasteiger charge is 2.31. The Morgan fingerprint density at radius 3 is 2.55 bits per heavy atom. The first-order valence-electron chi connectivity index (χ1n) is 3.43. The van der Waals surface area contributed by atoms with E-state index in [9.17, 15) is 4.79 Å². The van der Waals surface area contributed by atoms with Crippen molar-refractivity contribution in [2.45, 2.75) is 18.8 Å². The summed E-state index contributed by atoms with van der Waals surface area (Å²) in [6.45, 7) is 0.229. The van der Waals surface area contributed by atoms with E-state index in [4.69, 9.17) is 15.3 Å². The lowest BCUT2D eigenvalue weighted by atomic mass is 10.3. The molecule has 2 unspecified atom stereocenters. The van der Waals surface area contributed by atoms with Crippen LogP contribution in [0.2, 0.25) is 0 Å². The highest BCUT2D eigenvalue weighted by atomic mass is 16.4. The summed E-state index contributed by atoms with van der Waals surface area (Å²) in [6, 6.07) is 0. The maximum atomic E-state index is 10.2. The van der Waals surface area contributed by atoms with Crippen LogP contribution < -0.4 is 0 Å². The topological polar surface area (TPSA) is 81.0 Å². The van der Waals surface area contributed by atoms with E-state index < -0.39 is 18.3 Å². The third kappa shape index (κ3) is 1.89. The van der Waals surface area contributed by atoms with Gasteiger partial charge in [-0.2, -0.15) is 0 Å². The fraction of sp³-hybridized carbons (Fsp3) is 0.833. The second-order valence-corrected chi connectivity index (χ2v) is 2.63. The molecule has 5 heteroatoms. The maximum Gasteiger partial charge on any atom is 0.317 e. The number of aliphatic hydroxyl groups is 2. The van der Waals surface area contributed by atoms with E-state index in [1.54, 1.807) is 0 Å². The molecule has 1 rings (SSSR count). The second-order valence-electron chi connectivity index (χ2n) is 2.63. The number of carboxylic acid groups (broad SMARTS) is 1. The molecule has 0 aromatic carbocycles. The fourth-order valence-corrected chi connectivity index (χ4v) is 1.17. The van der Waals surface area contributed by atoms with Crippen LogP contribution in [-0.4, -0.2) is 51.6 Å². The van der Waals surface area contributed by atoms with Gasteiger partial charge in [-0.1, -0.05) is 0 Å². The van der Waals surface area contributed by atoms with Crippen LogP contribution in [-0.2, 0) is 4.79 Å². The molecule has 1 heterocycles. The summed E-state index contributed by atoms with van der Waals surface area (Å²) in [5, 5.41) is 26.5. The molecule has 0 saturated carbocycles. The average Bonchev–Trinajstić information content (AvgIpc) is 2.18. The summed E-state index contributed by atoms with van der Waals surface area (Å²) in [7, 11) is 0. The van der Waals surface area contributed by atoms with Crippen molar-refractivity contribution in [3.05, 3.63) is 0 Å². The molecular formula is C6H11NO4. The van der Waals surface area contributed by atoms with Crippen LogP contribution in [0.15, 0.2) is 0 Å². The third-order valence-corrected chi connectivity index (χ3v) is 1.77. The Morgan fingerprint density at radius 2 is 2.18 bits per heavy atom. The zero-order valence-corrected chi connectivity index (χ0v) is 5.97. The predicted molar refractivity (Wildman–Crippen MR) is 35.8 cm³/mol. The Kier molecular flexibility index (Phi) is 2.43. The van der Waals surface area contributed by atoms with Crippen LogP contribution in [0.3, 0.4) is 0 Å². The maximum absolute atomic E-state index is 10.2. The van der Waals surface area contributed by atoms with Gasteiger partial charge in [-0.05, 0) is 6.42 Å². The first-order chi connectivity index (χ1) is 5.11. The minimum absolute atomic E-state index is 0.210. The Morgan fingerprint density at radius 1 is 1.55 bits per heavy atom. The molecule has 0 amide bonds. The van der Waals surface area contributed by atoms with Crippen LogP contribution in [0.25, 0.3) is 0 Å². The van der Waals surface area contributed by atoms with Gasteiger partial charge in [0.05, 0.1) is 12.6 Å². The molecule has 0 aromatic heterocycles. The number of carbonyl (C=O) groups is 1. The van der Waals surface area contributed by atoms with Crippen molar-refractivity contribution in [3.8, 4) is 0 Å². The average molecular weight is 161 g/mol. The van der Waals surface area contributed by atoms with Crippen molar-refractivity contribution >= 4 is 5.97 Å². The molecule has 5 nitrogen and oxygen atoms in total. The van der Waals surface area contributed by atoms with Gasteiger partial charge < -0.3 is 15.3 Å². The number of likely N-dealkylation sites (tertiary alicyclic amines) is 1. The standard InChI is InChI=1S/C6H11NO4/c8-4-1-2-7(6(4)11)3-5(9)10/h4,6,8,11H,1-3H2,(H,9,10). The minimum atomic E-state index is -1.01. The van der Waals surface area contributed by atoms with E-state index in [-0.39, 0.29) is 6.54 Å². The smallest absolute Gasteiger partial charge is 0.317 e. The number of hydrogen-bond donors (Lipinski definition) is 3. The number of rotatable bonds is 2. The largest absolute Gasteiger partial charge is 0.480 e. The van der Waals surface area contributed by atoms with E-state index in [1.165, 1.54) is 4.90 Å². The zero-order valence-electron chi connectivity index (χ0n) is 5.97. The molecule has 3 N–H and O–H groups in total. The Hall–Kier alpha value is -0.650. The van der Waals surface area contributed by atoms with E-state index in [0.29, 0.717) is 13.0 Å². The number of nitrogens with zero attached hydrogens (tertiary/aromatic N) is 1. The molecule has 0 aliphatic carbocycles. The van der Waals surface area contributed by atoms with Crippen molar-refractivity contribution in [1.29, 1.82) is 0 Å². The second kappa shape index (κ2) is 3.17. The predicted octanol–water partition coefficient (Wildman–Crippen LogP) is -1.54. The highest BCUT2D eigenvalue weighted by molar-refractivity contribution is 5.69. The third-order valence-electron chi connectivity index (χ3n) is 1.77. The molecule has 0 spiro atoms. The summed E-state index contributed by atoms with van der Waals surface area (Å²) < 4.78 is 0. The van der Waals surface area contributed by atoms with Crippen LogP contribution in [0.1, 0.15) is 6.42 Å². The first-order valence-corrected chi connectivity index (χ1v) is 3.43. The van der Waals surface area contributed by atoms with Gasteiger partial charge in [0, 0.05) is 6.54 Å². The van der Waals surface area contributed by atoms with E-state index in [0.717, 1.165) is 0 Å². The van der Waals surface area contributed by atoms with Gasteiger partial charge in [-0.15, -0.1) is 0 Å². The fourth-order valence-electron chi connectivity index (χ4n) is 1.17. The number of hydrogen-bond acceptors (Lipinski definition) is 4. The number of aliphatic hydroxyl groups excluding tert-OH is 2. The molecule has 64 valence electrons.